The van der Waals surface area contributed by atoms with Crippen LogP contribution in [0.1, 0.15) is 23.9 Å². The minimum atomic E-state index is -0.270. The Bertz CT molecular complexity index is 1100. The van der Waals surface area contributed by atoms with Crippen LogP contribution in [-0.2, 0) is 11.3 Å². The van der Waals surface area contributed by atoms with Crippen LogP contribution in [0.3, 0.4) is 0 Å². The van der Waals surface area contributed by atoms with E-state index in [0.29, 0.717) is 39.1 Å². The number of nitrogens with one attached hydrogen (secondary N) is 1. The monoisotopic (exact) mass is 433 g/mol. The average molecular weight is 434 g/mol. The maximum absolute atomic E-state index is 12.7. The summed E-state index contributed by atoms with van der Waals surface area (Å²) >= 11 is 12.0. The lowest BCUT2D eigenvalue weighted by molar-refractivity contribution is -0.133. The van der Waals surface area contributed by atoms with E-state index in [4.69, 9.17) is 27.9 Å². The van der Waals surface area contributed by atoms with Crippen LogP contribution in [-0.4, -0.2) is 33.9 Å². The highest BCUT2D eigenvalue weighted by atomic mass is 35.5. The third-order valence-corrected chi connectivity index (χ3v) is 5.01. The van der Waals surface area contributed by atoms with Gasteiger partial charge in [0.2, 0.25) is 0 Å². The van der Waals surface area contributed by atoms with Crippen LogP contribution >= 0.6 is 23.2 Å². The number of hydrogen-bond acceptors (Lipinski definition) is 4. The normalized spacial score (nSPS) is 10.9. The van der Waals surface area contributed by atoms with Crippen LogP contribution in [0.2, 0.25) is 10.0 Å². The van der Waals surface area contributed by atoms with Gasteiger partial charge in [0.1, 0.15) is 11.6 Å². The zero-order chi connectivity index (χ0) is 21.1. The molecule has 0 aliphatic heterocycles. The number of amides is 1. The maximum atomic E-state index is 12.7. The number of nitrogens with zero attached hydrogens (tertiary/aromatic N) is 2. The van der Waals surface area contributed by atoms with Gasteiger partial charge in [0.25, 0.3) is 11.5 Å². The van der Waals surface area contributed by atoms with E-state index in [-0.39, 0.29) is 24.6 Å². The number of likely N-dealkylation sites (N-methyl/N-ethyl adjacent to an activating group) is 1. The Labute approximate surface area is 178 Å². The lowest BCUT2D eigenvalue weighted by atomic mass is 10.1. The lowest BCUT2D eigenvalue weighted by Gasteiger charge is -2.21. The zero-order valence-electron chi connectivity index (χ0n) is 16.4. The molecule has 29 heavy (non-hydrogen) atoms. The summed E-state index contributed by atoms with van der Waals surface area (Å²) in [7, 11) is 0. The minimum Gasteiger partial charge on any atom is -0.483 e. The molecule has 0 fully saturated rings. The summed E-state index contributed by atoms with van der Waals surface area (Å²) < 4.78 is 5.75. The van der Waals surface area contributed by atoms with Crippen LogP contribution in [0.25, 0.3) is 10.9 Å². The predicted octanol–water partition coefficient (Wildman–Crippen LogP) is 4.27. The predicted molar refractivity (Wildman–Crippen MR) is 115 cm³/mol. The molecule has 1 amide bonds. The molecule has 6 nitrogen and oxygen atoms in total. The number of rotatable bonds is 6. The number of aromatic nitrogens is 2. The van der Waals surface area contributed by atoms with Gasteiger partial charge >= 0.3 is 0 Å². The van der Waals surface area contributed by atoms with E-state index < -0.39 is 0 Å². The van der Waals surface area contributed by atoms with E-state index in [1.54, 1.807) is 35.2 Å². The molecule has 3 aromatic rings. The molecule has 0 aliphatic rings. The first-order chi connectivity index (χ1) is 13.8. The van der Waals surface area contributed by atoms with Gasteiger partial charge in [-0.25, -0.2) is 4.98 Å². The molecule has 0 saturated heterocycles. The van der Waals surface area contributed by atoms with Gasteiger partial charge in [-0.2, -0.15) is 0 Å². The van der Waals surface area contributed by atoms with Crippen molar-refractivity contribution in [3.05, 3.63) is 67.7 Å². The highest BCUT2D eigenvalue weighted by molar-refractivity contribution is 6.31. The zero-order valence-corrected chi connectivity index (χ0v) is 17.9. The van der Waals surface area contributed by atoms with Crippen molar-refractivity contribution in [1.82, 2.24) is 14.9 Å². The first-order valence-corrected chi connectivity index (χ1v) is 9.90. The highest BCUT2D eigenvalue weighted by Crippen LogP contribution is 2.27. The Morgan fingerprint density at radius 3 is 2.48 bits per heavy atom. The molecule has 0 unspecified atom stereocenters. The molecule has 8 heteroatoms. The summed E-state index contributed by atoms with van der Waals surface area (Å²) in [6.45, 7) is 6.09. The van der Waals surface area contributed by atoms with Crippen molar-refractivity contribution in [3.63, 3.8) is 0 Å². The Balaban J connectivity index is 1.75. The number of carbonyl (C=O) groups excluding carboxylic acids is 1. The van der Waals surface area contributed by atoms with Crippen molar-refractivity contribution in [2.45, 2.75) is 27.3 Å². The van der Waals surface area contributed by atoms with Crippen molar-refractivity contribution in [2.75, 3.05) is 13.2 Å². The molecule has 0 atom stereocenters. The second-order valence-electron chi connectivity index (χ2n) is 6.74. The van der Waals surface area contributed by atoms with Crippen molar-refractivity contribution in [1.29, 1.82) is 0 Å². The smallest absolute Gasteiger partial charge is 0.260 e. The molecule has 1 aromatic heterocycles. The fourth-order valence-electron chi connectivity index (χ4n) is 3.14. The summed E-state index contributed by atoms with van der Waals surface area (Å²) in [5, 5.41) is 1.57. The van der Waals surface area contributed by atoms with Gasteiger partial charge in [-0.1, -0.05) is 23.2 Å². The van der Waals surface area contributed by atoms with Gasteiger partial charge in [-0.15, -0.1) is 0 Å². The summed E-state index contributed by atoms with van der Waals surface area (Å²) in [6, 6.07) is 8.48. The molecule has 0 aliphatic carbocycles. The van der Waals surface area contributed by atoms with E-state index in [1.165, 1.54) is 0 Å². The number of aryl methyl sites for hydroxylation is 2. The number of benzene rings is 2. The Kier molecular flexibility index (Phi) is 6.45. The van der Waals surface area contributed by atoms with Gasteiger partial charge < -0.3 is 14.6 Å². The second kappa shape index (κ2) is 8.84. The average Bonchev–Trinajstić information content (AvgIpc) is 2.64. The fraction of sp³-hybridized carbons (Fsp3) is 0.286. The molecule has 0 spiro atoms. The molecule has 1 heterocycles. The molecular formula is C21H21Cl2N3O3. The van der Waals surface area contributed by atoms with E-state index >= 15 is 0 Å². The number of carbonyl (C=O) groups is 1. The van der Waals surface area contributed by atoms with Gasteiger partial charge in [0.05, 0.1) is 17.4 Å². The third kappa shape index (κ3) is 4.89. The summed E-state index contributed by atoms with van der Waals surface area (Å²) in [4.78, 5) is 33.7. The van der Waals surface area contributed by atoms with E-state index in [9.17, 15) is 9.59 Å². The van der Waals surface area contributed by atoms with Gasteiger partial charge in [0.15, 0.2) is 6.61 Å². The van der Waals surface area contributed by atoms with Crippen molar-refractivity contribution < 1.29 is 9.53 Å². The van der Waals surface area contributed by atoms with Crippen LogP contribution in [0.5, 0.6) is 5.75 Å². The largest absolute Gasteiger partial charge is 0.483 e. The number of aromatic amines is 1. The summed E-state index contributed by atoms with van der Waals surface area (Å²) in [5.41, 5.74) is 1.95. The van der Waals surface area contributed by atoms with Crippen LogP contribution in [0.15, 0.2) is 35.1 Å². The van der Waals surface area contributed by atoms with E-state index in [0.717, 1.165) is 11.1 Å². The number of H-pyrrole nitrogens is 1. The van der Waals surface area contributed by atoms with Crippen molar-refractivity contribution in [3.8, 4) is 5.75 Å². The molecular weight excluding hydrogens is 413 g/mol. The topological polar surface area (TPSA) is 75.3 Å². The number of fused-ring (bicyclic) bond motifs is 1. The van der Waals surface area contributed by atoms with Gasteiger partial charge in [0, 0.05) is 16.6 Å². The Hall–Kier alpha value is -2.57. The number of hydrogen-bond donors (Lipinski definition) is 1. The fourth-order valence-corrected chi connectivity index (χ4v) is 3.64. The van der Waals surface area contributed by atoms with Crippen molar-refractivity contribution in [2.24, 2.45) is 0 Å². The van der Waals surface area contributed by atoms with E-state index in [1.807, 2.05) is 20.8 Å². The van der Waals surface area contributed by atoms with Crippen LogP contribution < -0.4 is 10.3 Å². The summed E-state index contributed by atoms with van der Waals surface area (Å²) in [6.07, 6.45) is 0. The second-order valence-corrected chi connectivity index (χ2v) is 7.61. The quantitative estimate of drug-likeness (QED) is 0.629. The maximum Gasteiger partial charge on any atom is 0.260 e. The van der Waals surface area contributed by atoms with Crippen molar-refractivity contribution >= 4 is 40.0 Å². The van der Waals surface area contributed by atoms with Crippen LogP contribution in [0.4, 0.5) is 0 Å². The minimum absolute atomic E-state index is 0.124. The SMILES string of the molecule is CCN(Cc1nc2cc(Cl)ccc2c(=O)[nH]1)C(=O)COc1c(C)cc(Cl)cc1C. The van der Waals surface area contributed by atoms with Gasteiger partial charge in [-0.3, -0.25) is 9.59 Å². The summed E-state index contributed by atoms with van der Waals surface area (Å²) in [5.74, 6) is 0.819. The Morgan fingerprint density at radius 1 is 1.14 bits per heavy atom. The molecule has 2 aromatic carbocycles. The first kappa shape index (κ1) is 21.1. The molecule has 152 valence electrons. The Morgan fingerprint density at radius 2 is 1.83 bits per heavy atom. The third-order valence-electron chi connectivity index (χ3n) is 4.56. The first-order valence-electron chi connectivity index (χ1n) is 9.14. The highest BCUT2D eigenvalue weighted by Gasteiger charge is 2.16. The molecule has 0 bridgehead atoms. The molecule has 0 saturated carbocycles. The molecule has 1 N–H and O–H groups in total. The lowest BCUT2D eigenvalue weighted by Crippen LogP contribution is -2.35. The number of halogens is 2. The standard InChI is InChI=1S/C21H21Cl2N3O3/c1-4-26(19(27)11-29-20-12(2)7-15(23)8-13(20)3)10-18-24-17-9-14(22)5-6-16(17)21(28)25-18/h5-9H,4,10-11H2,1-3H3,(H,24,25,28). The molecule has 3 rings (SSSR count). The molecule has 0 radical (unpaired) electrons. The van der Waals surface area contributed by atoms with Crippen LogP contribution in [0, 0.1) is 13.8 Å². The number of ether oxygens (including phenoxy) is 1. The van der Waals surface area contributed by atoms with Gasteiger partial charge in [-0.05, 0) is 62.2 Å². The van der Waals surface area contributed by atoms with E-state index in [2.05, 4.69) is 9.97 Å².